The van der Waals surface area contributed by atoms with Crippen LogP contribution in [-0.4, -0.2) is 50.2 Å². The predicted octanol–water partition coefficient (Wildman–Crippen LogP) is 1.09. The molecule has 8 heteroatoms. The van der Waals surface area contributed by atoms with Crippen LogP contribution in [0.2, 0.25) is 0 Å². The van der Waals surface area contributed by atoms with Crippen LogP contribution in [-0.2, 0) is 9.53 Å². The number of ether oxygens (including phenoxy) is 1. The lowest BCUT2D eigenvalue weighted by molar-refractivity contribution is -0.128. The molecule has 1 heterocycles. The maximum atomic E-state index is 12.0. The highest BCUT2D eigenvalue weighted by molar-refractivity contribution is 9.10. The Morgan fingerprint density at radius 3 is 2.57 bits per heavy atom. The standard InChI is InChI=1S/C15H20BrN3O3.ClH/c1-10-13(17-8-9-22-10)15(21)19-7-6-18-14(20)11-2-4-12(16)5-3-11;/h2-5,10,13,17H,6-9H2,1H3,(H,18,20)(H,19,21);1H/t10-,13+;/m1./s1. The van der Waals surface area contributed by atoms with Crippen molar-refractivity contribution in [2.45, 2.75) is 19.1 Å². The van der Waals surface area contributed by atoms with Crippen molar-refractivity contribution in [1.82, 2.24) is 16.0 Å². The zero-order valence-corrected chi connectivity index (χ0v) is 15.2. The third-order valence-corrected chi connectivity index (χ3v) is 3.94. The van der Waals surface area contributed by atoms with E-state index in [0.29, 0.717) is 31.8 Å². The highest BCUT2D eigenvalue weighted by Crippen LogP contribution is 2.10. The molecular formula is C15H21BrClN3O3. The summed E-state index contributed by atoms with van der Waals surface area (Å²) >= 11 is 3.32. The van der Waals surface area contributed by atoms with Crippen LogP contribution in [0.25, 0.3) is 0 Å². The van der Waals surface area contributed by atoms with Crippen molar-refractivity contribution in [2.75, 3.05) is 26.2 Å². The molecule has 2 atom stereocenters. The molecule has 2 amide bonds. The molecule has 0 aromatic heterocycles. The second-order valence-corrected chi connectivity index (χ2v) is 5.98. The summed E-state index contributed by atoms with van der Waals surface area (Å²) in [5, 5.41) is 8.68. The van der Waals surface area contributed by atoms with E-state index in [4.69, 9.17) is 4.74 Å². The number of nitrogens with one attached hydrogen (secondary N) is 3. The van der Waals surface area contributed by atoms with Crippen LogP contribution >= 0.6 is 28.3 Å². The lowest BCUT2D eigenvalue weighted by Gasteiger charge is -2.29. The lowest BCUT2D eigenvalue weighted by atomic mass is 10.1. The fourth-order valence-electron chi connectivity index (χ4n) is 2.20. The molecule has 1 aromatic carbocycles. The molecule has 23 heavy (non-hydrogen) atoms. The molecule has 2 rings (SSSR count). The van der Waals surface area contributed by atoms with Crippen LogP contribution in [0.3, 0.4) is 0 Å². The Morgan fingerprint density at radius 1 is 1.26 bits per heavy atom. The molecular weight excluding hydrogens is 386 g/mol. The molecule has 0 aliphatic carbocycles. The summed E-state index contributed by atoms with van der Waals surface area (Å²) in [6.45, 7) is 3.91. The van der Waals surface area contributed by atoms with Gasteiger partial charge in [0, 0.05) is 29.7 Å². The van der Waals surface area contributed by atoms with Crippen molar-refractivity contribution in [3.05, 3.63) is 34.3 Å². The van der Waals surface area contributed by atoms with E-state index in [0.717, 1.165) is 4.47 Å². The summed E-state index contributed by atoms with van der Waals surface area (Å²) in [7, 11) is 0. The average molecular weight is 407 g/mol. The number of morpholine rings is 1. The smallest absolute Gasteiger partial charge is 0.251 e. The van der Waals surface area contributed by atoms with Gasteiger partial charge in [0.15, 0.2) is 0 Å². The topological polar surface area (TPSA) is 79.5 Å². The molecule has 0 radical (unpaired) electrons. The molecule has 6 nitrogen and oxygen atoms in total. The maximum Gasteiger partial charge on any atom is 0.251 e. The highest BCUT2D eigenvalue weighted by atomic mass is 79.9. The van der Waals surface area contributed by atoms with Gasteiger partial charge in [-0.05, 0) is 31.2 Å². The summed E-state index contributed by atoms with van der Waals surface area (Å²) in [6, 6.07) is 6.77. The third kappa shape index (κ3) is 6.10. The van der Waals surface area contributed by atoms with Gasteiger partial charge in [0.05, 0.1) is 12.7 Å². The molecule has 1 fully saturated rings. The zero-order valence-electron chi connectivity index (χ0n) is 12.8. The Kier molecular flexibility index (Phi) is 8.54. The average Bonchev–Trinajstić information content (AvgIpc) is 2.52. The van der Waals surface area contributed by atoms with Crippen molar-refractivity contribution >= 4 is 40.2 Å². The summed E-state index contributed by atoms with van der Waals surface area (Å²) in [6.07, 6.45) is -0.147. The van der Waals surface area contributed by atoms with Crippen molar-refractivity contribution < 1.29 is 14.3 Å². The summed E-state index contributed by atoms with van der Waals surface area (Å²) in [5.41, 5.74) is 0.588. The third-order valence-electron chi connectivity index (χ3n) is 3.42. The molecule has 0 unspecified atom stereocenters. The van der Waals surface area contributed by atoms with Crippen LogP contribution in [0.15, 0.2) is 28.7 Å². The Bertz CT molecular complexity index is 527. The van der Waals surface area contributed by atoms with Crippen molar-refractivity contribution in [1.29, 1.82) is 0 Å². The van der Waals surface area contributed by atoms with Gasteiger partial charge in [0.25, 0.3) is 5.91 Å². The quantitative estimate of drug-likeness (QED) is 0.640. The van der Waals surface area contributed by atoms with E-state index in [2.05, 4.69) is 31.9 Å². The number of halogens is 2. The second kappa shape index (κ2) is 9.87. The van der Waals surface area contributed by atoms with E-state index in [1.165, 1.54) is 0 Å². The van der Waals surface area contributed by atoms with Crippen LogP contribution in [0, 0.1) is 0 Å². The van der Waals surface area contributed by atoms with Crippen molar-refractivity contribution in [3.63, 3.8) is 0 Å². The predicted molar refractivity (Wildman–Crippen MR) is 93.9 cm³/mol. The van der Waals surface area contributed by atoms with Crippen molar-refractivity contribution in [3.8, 4) is 0 Å². The number of carbonyl (C=O) groups excluding carboxylic acids is 2. The SMILES string of the molecule is C[C@H]1OCCN[C@@H]1C(=O)NCCNC(=O)c1ccc(Br)cc1.Cl. The first-order chi connectivity index (χ1) is 10.6. The normalized spacial score (nSPS) is 20.3. The van der Waals surface area contributed by atoms with E-state index in [-0.39, 0.29) is 36.4 Å². The molecule has 0 saturated carbocycles. The van der Waals surface area contributed by atoms with Gasteiger partial charge in [-0.15, -0.1) is 12.4 Å². The minimum Gasteiger partial charge on any atom is -0.375 e. The molecule has 1 aliphatic rings. The van der Waals surface area contributed by atoms with Gasteiger partial charge >= 0.3 is 0 Å². The van der Waals surface area contributed by atoms with Crippen molar-refractivity contribution in [2.24, 2.45) is 0 Å². The number of rotatable bonds is 5. The summed E-state index contributed by atoms with van der Waals surface area (Å²) in [5.74, 6) is -0.265. The highest BCUT2D eigenvalue weighted by Gasteiger charge is 2.27. The van der Waals surface area contributed by atoms with Gasteiger partial charge < -0.3 is 20.7 Å². The van der Waals surface area contributed by atoms with Gasteiger partial charge in [-0.2, -0.15) is 0 Å². The lowest BCUT2D eigenvalue weighted by Crippen LogP contribution is -2.56. The summed E-state index contributed by atoms with van der Waals surface area (Å²) < 4.78 is 6.35. The summed E-state index contributed by atoms with van der Waals surface area (Å²) in [4.78, 5) is 23.9. The largest absolute Gasteiger partial charge is 0.375 e. The molecule has 3 N–H and O–H groups in total. The zero-order chi connectivity index (χ0) is 15.9. The molecule has 0 bridgehead atoms. The Balaban J connectivity index is 0.00000264. The van der Waals surface area contributed by atoms with Crippen LogP contribution in [0.4, 0.5) is 0 Å². The van der Waals surface area contributed by atoms with E-state index in [1.54, 1.807) is 12.1 Å². The molecule has 1 saturated heterocycles. The number of amides is 2. The number of benzene rings is 1. The van der Waals surface area contributed by atoms with Gasteiger partial charge in [0.2, 0.25) is 5.91 Å². The molecule has 1 aliphatic heterocycles. The Labute approximate surface area is 150 Å². The first kappa shape index (κ1) is 19.9. The minimum absolute atomic E-state index is 0. The van der Waals surface area contributed by atoms with Crippen LogP contribution in [0.5, 0.6) is 0 Å². The Hall–Kier alpha value is -1.15. The fourth-order valence-corrected chi connectivity index (χ4v) is 2.47. The monoisotopic (exact) mass is 405 g/mol. The Morgan fingerprint density at radius 2 is 1.91 bits per heavy atom. The van der Waals surface area contributed by atoms with E-state index < -0.39 is 0 Å². The molecule has 1 aromatic rings. The first-order valence-electron chi connectivity index (χ1n) is 7.24. The molecule has 0 spiro atoms. The fraction of sp³-hybridized carbons (Fsp3) is 0.467. The van der Waals surface area contributed by atoms with Crippen LogP contribution < -0.4 is 16.0 Å². The van der Waals surface area contributed by atoms with Gasteiger partial charge in [0.1, 0.15) is 6.04 Å². The maximum absolute atomic E-state index is 12.0. The van der Waals surface area contributed by atoms with Gasteiger partial charge in [-0.25, -0.2) is 0 Å². The first-order valence-corrected chi connectivity index (χ1v) is 8.03. The minimum atomic E-state index is -0.337. The van der Waals surface area contributed by atoms with E-state index in [9.17, 15) is 9.59 Å². The molecule has 128 valence electrons. The van der Waals surface area contributed by atoms with E-state index in [1.807, 2.05) is 19.1 Å². The number of carbonyl (C=O) groups is 2. The number of hydrogen-bond donors (Lipinski definition) is 3. The van der Waals surface area contributed by atoms with E-state index >= 15 is 0 Å². The van der Waals surface area contributed by atoms with Crippen LogP contribution in [0.1, 0.15) is 17.3 Å². The second-order valence-electron chi connectivity index (χ2n) is 5.06. The number of hydrogen-bond acceptors (Lipinski definition) is 4. The van der Waals surface area contributed by atoms with Gasteiger partial charge in [-0.1, -0.05) is 15.9 Å². The van der Waals surface area contributed by atoms with Gasteiger partial charge in [-0.3, -0.25) is 9.59 Å².